The van der Waals surface area contributed by atoms with E-state index in [-0.39, 0.29) is 11.3 Å². The fraction of sp³-hybridized carbons (Fsp3) is 0.417. The molecule has 0 unspecified atom stereocenters. The van der Waals surface area contributed by atoms with E-state index in [2.05, 4.69) is 9.46 Å². The maximum atomic E-state index is 12.0. The summed E-state index contributed by atoms with van der Waals surface area (Å²) in [5.41, 5.74) is 0.396. The molecule has 0 atom stereocenters. The number of ether oxygens (including phenoxy) is 1. The number of carbonyl (C=O) groups excluding carboxylic acids is 1. The minimum Gasteiger partial charge on any atom is -0.465 e. The summed E-state index contributed by atoms with van der Waals surface area (Å²) in [6, 6.07) is 5.35. The Morgan fingerprint density at radius 2 is 1.81 bits per heavy atom. The maximum Gasteiger partial charge on any atom is 0.389 e. The number of rotatable bonds is 6. The van der Waals surface area contributed by atoms with Crippen molar-refractivity contribution in [1.82, 2.24) is 0 Å². The fourth-order valence-electron chi connectivity index (χ4n) is 1.49. The number of sulfonamides is 1. The highest BCUT2D eigenvalue weighted by atomic mass is 32.2. The second kappa shape index (κ2) is 6.79. The highest BCUT2D eigenvalue weighted by Gasteiger charge is 2.27. The van der Waals surface area contributed by atoms with E-state index >= 15 is 0 Å². The Labute approximate surface area is 120 Å². The van der Waals surface area contributed by atoms with Gasteiger partial charge in [0, 0.05) is 12.1 Å². The van der Waals surface area contributed by atoms with Crippen molar-refractivity contribution in [3.63, 3.8) is 0 Å². The average molecular weight is 325 g/mol. The Hall–Kier alpha value is -1.77. The molecule has 0 aliphatic heterocycles. The van der Waals surface area contributed by atoms with Gasteiger partial charge in [0.2, 0.25) is 10.0 Å². The molecule has 0 aliphatic carbocycles. The van der Waals surface area contributed by atoms with E-state index in [1.165, 1.54) is 31.4 Å². The van der Waals surface area contributed by atoms with Crippen molar-refractivity contribution in [2.75, 3.05) is 17.6 Å². The lowest BCUT2D eigenvalue weighted by atomic mass is 10.2. The van der Waals surface area contributed by atoms with Crippen molar-refractivity contribution in [2.45, 2.75) is 19.0 Å². The first-order valence-corrected chi connectivity index (χ1v) is 7.54. The molecule has 0 saturated carbocycles. The first kappa shape index (κ1) is 17.3. The van der Waals surface area contributed by atoms with Crippen LogP contribution in [0.4, 0.5) is 18.9 Å². The molecule has 0 radical (unpaired) electrons. The summed E-state index contributed by atoms with van der Waals surface area (Å²) in [6.45, 7) is 0. The van der Waals surface area contributed by atoms with Crippen LogP contribution in [0.15, 0.2) is 24.3 Å². The molecule has 1 rings (SSSR count). The van der Waals surface area contributed by atoms with Gasteiger partial charge in [0.05, 0.1) is 18.4 Å². The lowest BCUT2D eigenvalue weighted by Crippen LogP contribution is -2.18. The molecule has 0 aromatic heterocycles. The van der Waals surface area contributed by atoms with E-state index < -0.39 is 40.8 Å². The Balaban J connectivity index is 2.61. The number of hydrogen-bond acceptors (Lipinski definition) is 4. The van der Waals surface area contributed by atoms with E-state index in [0.29, 0.717) is 0 Å². The quantitative estimate of drug-likeness (QED) is 0.816. The molecule has 1 aromatic carbocycles. The molecule has 0 bridgehead atoms. The zero-order chi connectivity index (χ0) is 16.1. The third-order valence-electron chi connectivity index (χ3n) is 2.45. The van der Waals surface area contributed by atoms with Crippen LogP contribution >= 0.6 is 0 Å². The summed E-state index contributed by atoms with van der Waals surface area (Å²) in [4.78, 5) is 11.2. The van der Waals surface area contributed by atoms with E-state index in [9.17, 15) is 26.4 Å². The number of nitrogens with one attached hydrogen (secondary N) is 1. The van der Waals surface area contributed by atoms with Crippen LogP contribution in [-0.2, 0) is 14.8 Å². The molecule has 5 nitrogen and oxygen atoms in total. The smallest absolute Gasteiger partial charge is 0.389 e. The summed E-state index contributed by atoms with van der Waals surface area (Å²) >= 11 is 0. The molecule has 0 fully saturated rings. The summed E-state index contributed by atoms with van der Waals surface area (Å²) < 4.78 is 65.7. The third-order valence-corrected chi connectivity index (χ3v) is 3.83. The third kappa shape index (κ3) is 6.48. The van der Waals surface area contributed by atoms with Gasteiger partial charge in [-0.2, -0.15) is 13.2 Å². The van der Waals surface area contributed by atoms with Crippen LogP contribution in [0, 0.1) is 0 Å². The summed E-state index contributed by atoms with van der Waals surface area (Å²) in [5, 5.41) is 0. The van der Waals surface area contributed by atoms with Gasteiger partial charge in [0.1, 0.15) is 0 Å². The van der Waals surface area contributed by atoms with Crippen LogP contribution in [0.3, 0.4) is 0 Å². The highest BCUT2D eigenvalue weighted by Crippen LogP contribution is 2.22. The number of benzene rings is 1. The average Bonchev–Trinajstić information content (AvgIpc) is 2.36. The number of esters is 1. The predicted octanol–water partition coefficient (Wildman–Crippen LogP) is 2.56. The molecular weight excluding hydrogens is 311 g/mol. The molecule has 118 valence electrons. The number of halogens is 3. The van der Waals surface area contributed by atoms with Gasteiger partial charge in [0.25, 0.3) is 0 Å². The number of methoxy groups -OCH3 is 1. The monoisotopic (exact) mass is 325 g/mol. The molecular formula is C12H14F3NO4S. The van der Waals surface area contributed by atoms with Gasteiger partial charge < -0.3 is 4.74 Å². The Kier molecular flexibility index (Phi) is 5.59. The van der Waals surface area contributed by atoms with Gasteiger partial charge in [-0.25, -0.2) is 13.2 Å². The van der Waals surface area contributed by atoms with Crippen LogP contribution in [0.2, 0.25) is 0 Å². The predicted molar refractivity (Wildman–Crippen MR) is 70.5 cm³/mol. The van der Waals surface area contributed by atoms with Gasteiger partial charge in [-0.1, -0.05) is 0 Å². The van der Waals surface area contributed by atoms with Crippen LogP contribution in [0.25, 0.3) is 0 Å². The molecule has 0 amide bonds. The van der Waals surface area contributed by atoms with Gasteiger partial charge in [-0.3, -0.25) is 4.72 Å². The topological polar surface area (TPSA) is 72.5 Å². The normalized spacial score (nSPS) is 12.0. The second-order valence-corrected chi connectivity index (χ2v) is 6.05. The minimum atomic E-state index is -4.38. The first-order valence-electron chi connectivity index (χ1n) is 5.88. The van der Waals surface area contributed by atoms with Crippen LogP contribution in [0.5, 0.6) is 0 Å². The lowest BCUT2D eigenvalue weighted by Gasteiger charge is -2.09. The van der Waals surface area contributed by atoms with Gasteiger partial charge in [-0.15, -0.1) is 0 Å². The fourth-order valence-corrected chi connectivity index (χ4v) is 2.61. The van der Waals surface area contributed by atoms with Crippen LogP contribution < -0.4 is 4.72 Å². The zero-order valence-electron chi connectivity index (χ0n) is 11.1. The molecule has 0 aliphatic rings. The van der Waals surface area contributed by atoms with Crippen LogP contribution in [-0.4, -0.2) is 33.4 Å². The zero-order valence-corrected chi connectivity index (χ0v) is 11.9. The van der Waals surface area contributed by atoms with Crippen molar-refractivity contribution >= 4 is 21.7 Å². The van der Waals surface area contributed by atoms with Gasteiger partial charge in [0.15, 0.2) is 0 Å². The summed E-state index contributed by atoms with van der Waals surface area (Å²) in [7, 11) is -2.65. The second-order valence-electron chi connectivity index (χ2n) is 4.21. The first-order chi connectivity index (χ1) is 9.63. The summed E-state index contributed by atoms with van der Waals surface area (Å²) in [6.07, 6.45) is -6.05. The maximum absolute atomic E-state index is 12.0. The molecule has 9 heteroatoms. The number of anilines is 1. The van der Waals surface area contributed by atoms with E-state index in [4.69, 9.17) is 0 Å². The van der Waals surface area contributed by atoms with Gasteiger partial charge >= 0.3 is 12.1 Å². The standard InChI is InChI=1S/C12H14F3NO4S/c1-20-11(17)9-3-5-10(6-4-9)16-21(18,19)8-2-7-12(13,14)15/h3-6,16H,2,7-8H2,1H3. The minimum absolute atomic E-state index is 0.162. The largest absolute Gasteiger partial charge is 0.465 e. The molecule has 21 heavy (non-hydrogen) atoms. The SMILES string of the molecule is COC(=O)c1ccc(NS(=O)(=O)CCCC(F)(F)F)cc1. The highest BCUT2D eigenvalue weighted by molar-refractivity contribution is 7.92. The summed E-state index contributed by atoms with van der Waals surface area (Å²) in [5.74, 6) is -1.21. The molecule has 1 N–H and O–H groups in total. The Bertz CT molecular complexity index is 582. The van der Waals surface area contributed by atoms with E-state index in [1.807, 2.05) is 0 Å². The molecule has 1 aromatic rings. The lowest BCUT2D eigenvalue weighted by molar-refractivity contribution is -0.134. The van der Waals surface area contributed by atoms with E-state index in [1.54, 1.807) is 0 Å². The molecule has 0 spiro atoms. The molecule has 0 heterocycles. The number of hydrogen-bond donors (Lipinski definition) is 1. The van der Waals surface area contributed by atoms with Crippen molar-refractivity contribution in [1.29, 1.82) is 0 Å². The van der Waals surface area contributed by atoms with Gasteiger partial charge in [-0.05, 0) is 30.7 Å². The van der Waals surface area contributed by atoms with E-state index in [0.717, 1.165) is 0 Å². The Morgan fingerprint density at radius 1 is 1.24 bits per heavy atom. The number of carbonyl (C=O) groups is 1. The van der Waals surface area contributed by atoms with Crippen molar-refractivity contribution in [3.05, 3.63) is 29.8 Å². The van der Waals surface area contributed by atoms with Crippen LogP contribution in [0.1, 0.15) is 23.2 Å². The number of alkyl halides is 3. The van der Waals surface area contributed by atoms with Crippen molar-refractivity contribution < 1.29 is 31.1 Å². The Morgan fingerprint density at radius 3 is 2.29 bits per heavy atom. The van der Waals surface area contributed by atoms with Crippen molar-refractivity contribution in [2.24, 2.45) is 0 Å². The molecule has 0 saturated heterocycles. The van der Waals surface area contributed by atoms with Crippen molar-refractivity contribution in [3.8, 4) is 0 Å².